The number of hydrogen-bond acceptors (Lipinski definition) is 6. The van der Waals surface area contributed by atoms with Crippen molar-refractivity contribution in [3.63, 3.8) is 0 Å². The SMILES string of the molecule is Cc1nn(CN(Cc2nnc(-c3ccc(Cl)cc3)o2)C2CC2)c(=S)n1C1CCCCC1. The van der Waals surface area contributed by atoms with Crippen LogP contribution in [0.15, 0.2) is 28.7 Å². The third kappa shape index (κ3) is 4.61. The topological polar surface area (TPSA) is 64.9 Å². The standard InChI is InChI=1S/C22H27ClN6OS/c1-15-26-28(22(31)29(15)19-5-3-2-4-6-19)14-27(18-11-12-18)13-20-24-25-21(30-20)16-7-9-17(23)10-8-16/h7-10,18-19H,2-6,11-14H2,1H3. The molecule has 2 fully saturated rings. The number of rotatable bonds is 7. The summed E-state index contributed by atoms with van der Waals surface area (Å²) in [6, 6.07) is 8.42. The van der Waals surface area contributed by atoms with Gasteiger partial charge >= 0.3 is 0 Å². The van der Waals surface area contributed by atoms with Crippen LogP contribution in [-0.4, -0.2) is 35.5 Å². The molecule has 5 rings (SSSR count). The van der Waals surface area contributed by atoms with Gasteiger partial charge in [0.15, 0.2) is 4.77 Å². The Morgan fingerprint density at radius 3 is 2.55 bits per heavy atom. The van der Waals surface area contributed by atoms with Crippen LogP contribution < -0.4 is 0 Å². The predicted octanol–water partition coefficient (Wildman–Crippen LogP) is 5.55. The minimum atomic E-state index is 0.488. The van der Waals surface area contributed by atoms with Gasteiger partial charge in [0.05, 0.1) is 13.2 Å². The Bertz CT molecular complexity index is 1090. The van der Waals surface area contributed by atoms with E-state index in [1.165, 1.54) is 44.9 Å². The van der Waals surface area contributed by atoms with Crippen molar-refractivity contribution >= 4 is 23.8 Å². The molecule has 2 saturated carbocycles. The van der Waals surface area contributed by atoms with Gasteiger partial charge in [0.2, 0.25) is 11.8 Å². The second-order valence-electron chi connectivity index (χ2n) is 8.62. The molecule has 2 heterocycles. The lowest BCUT2D eigenvalue weighted by Gasteiger charge is -2.23. The maximum Gasteiger partial charge on any atom is 0.247 e. The molecule has 164 valence electrons. The van der Waals surface area contributed by atoms with Gasteiger partial charge in [-0.2, -0.15) is 5.10 Å². The molecule has 0 atom stereocenters. The molecule has 2 aromatic heterocycles. The van der Waals surface area contributed by atoms with Crippen molar-refractivity contribution in [2.24, 2.45) is 0 Å². The highest BCUT2D eigenvalue weighted by Gasteiger charge is 2.31. The monoisotopic (exact) mass is 458 g/mol. The fraction of sp³-hybridized carbons (Fsp3) is 0.545. The van der Waals surface area contributed by atoms with E-state index >= 15 is 0 Å². The Morgan fingerprint density at radius 1 is 1.10 bits per heavy atom. The van der Waals surface area contributed by atoms with E-state index in [0.29, 0.717) is 42.1 Å². The first-order chi connectivity index (χ1) is 15.1. The fourth-order valence-electron chi connectivity index (χ4n) is 4.49. The average molecular weight is 459 g/mol. The van der Waals surface area contributed by atoms with E-state index in [1.807, 2.05) is 28.9 Å². The summed E-state index contributed by atoms with van der Waals surface area (Å²) in [5.41, 5.74) is 0.866. The Kier molecular flexibility index (Phi) is 5.95. The van der Waals surface area contributed by atoms with Crippen LogP contribution in [0.4, 0.5) is 0 Å². The summed E-state index contributed by atoms with van der Waals surface area (Å²) in [6.07, 6.45) is 8.62. The number of aryl methyl sites for hydroxylation is 1. The number of hydrogen-bond donors (Lipinski definition) is 0. The van der Waals surface area contributed by atoms with Gasteiger partial charge in [-0.1, -0.05) is 30.9 Å². The molecule has 0 spiro atoms. The van der Waals surface area contributed by atoms with E-state index in [2.05, 4.69) is 26.6 Å². The highest BCUT2D eigenvalue weighted by Crippen LogP contribution is 2.31. The van der Waals surface area contributed by atoms with Crippen LogP contribution in [0.5, 0.6) is 0 Å². The summed E-state index contributed by atoms with van der Waals surface area (Å²) in [5.74, 6) is 2.12. The molecule has 0 aliphatic heterocycles. The maximum absolute atomic E-state index is 5.98. The molecule has 7 nitrogen and oxygen atoms in total. The molecule has 0 radical (unpaired) electrons. The molecule has 1 aromatic carbocycles. The lowest BCUT2D eigenvalue weighted by Crippen LogP contribution is -2.29. The van der Waals surface area contributed by atoms with E-state index in [-0.39, 0.29) is 0 Å². The lowest BCUT2D eigenvalue weighted by molar-refractivity contribution is 0.169. The van der Waals surface area contributed by atoms with Gasteiger partial charge in [-0.05, 0) is 69.1 Å². The Labute approximate surface area is 192 Å². The summed E-state index contributed by atoms with van der Waals surface area (Å²) >= 11 is 11.8. The van der Waals surface area contributed by atoms with E-state index in [9.17, 15) is 0 Å². The van der Waals surface area contributed by atoms with Crippen molar-refractivity contribution in [3.8, 4) is 11.5 Å². The second kappa shape index (κ2) is 8.84. The molecule has 0 bridgehead atoms. The molecule has 9 heteroatoms. The first-order valence-corrected chi connectivity index (χ1v) is 11.9. The zero-order valence-electron chi connectivity index (χ0n) is 17.7. The molecule has 0 unspecified atom stereocenters. The number of benzene rings is 1. The van der Waals surface area contributed by atoms with Gasteiger partial charge in [0, 0.05) is 22.7 Å². The normalized spacial score (nSPS) is 17.5. The fourth-order valence-corrected chi connectivity index (χ4v) is 4.99. The molecular formula is C22H27ClN6OS. The van der Waals surface area contributed by atoms with E-state index in [4.69, 9.17) is 33.3 Å². The number of aromatic nitrogens is 5. The molecule has 0 amide bonds. The van der Waals surface area contributed by atoms with Gasteiger partial charge in [0.1, 0.15) is 5.82 Å². The highest BCUT2D eigenvalue weighted by atomic mass is 35.5. The summed E-state index contributed by atoms with van der Waals surface area (Å²) in [4.78, 5) is 2.34. The van der Waals surface area contributed by atoms with Crippen LogP contribution in [0.3, 0.4) is 0 Å². The van der Waals surface area contributed by atoms with Gasteiger partial charge in [-0.3, -0.25) is 4.90 Å². The van der Waals surface area contributed by atoms with E-state index in [0.717, 1.165) is 16.2 Å². The Hall–Kier alpha value is -2.03. The predicted molar refractivity (Wildman–Crippen MR) is 121 cm³/mol. The van der Waals surface area contributed by atoms with Gasteiger partial charge in [-0.25, -0.2) is 4.68 Å². The maximum atomic E-state index is 5.98. The van der Waals surface area contributed by atoms with Crippen LogP contribution in [-0.2, 0) is 13.2 Å². The van der Waals surface area contributed by atoms with Gasteiger partial charge < -0.3 is 8.98 Å². The van der Waals surface area contributed by atoms with Crippen molar-refractivity contribution in [1.29, 1.82) is 0 Å². The van der Waals surface area contributed by atoms with Crippen molar-refractivity contribution in [2.45, 2.75) is 77.2 Å². The average Bonchev–Trinajstić information content (AvgIpc) is 3.46. The quantitative estimate of drug-likeness (QED) is 0.432. The van der Waals surface area contributed by atoms with Crippen LogP contribution >= 0.6 is 23.8 Å². The molecule has 2 aliphatic carbocycles. The zero-order valence-corrected chi connectivity index (χ0v) is 19.3. The van der Waals surface area contributed by atoms with E-state index < -0.39 is 0 Å². The van der Waals surface area contributed by atoms with Crippen molar-refractivity contribution in [2.75, 3.05) is 0 Å². The molecule has 2 aliphatic rings. The first kappa shape index (κ1) is 20.8. The summed E-state index contributed by atoms with van der Waals surface area (Å²) in [6.45, 7) is 3.30. The molecule has 31 heavy (non-hydrogen) atoms. The molecular weight excluding hydrogens is 432 g/mol. The second-order valence-corrected chi connectivity index (χ2v) is 9.42. The third-order valence-corrected chi connectivity index (χ3v) is 6.92. The summed E-state index contributed by atoms with van der Waals surface area (Å²) in [7, 11) is 0. The number of halogens is 1. The van der Waals surface area contributed by atoms with Crippen LogP contribution in [0, 0.1) is 11.7 Å². The minimum absolute atomic E-state index is 0.488. The van der Waals surface area contributed by atoms with Crippen LogP contribution in [0.2, 0.25) is 5.02 Å². The smallest absolute Gasteiger partial charge is 0.247 e. The molecule has 3 aromatic rings. The van der Waals surface area contributed by atoms with Crippen molar-refractivity contribution in [1.82, 2.24) is 29.4 Å². The third-order valence-electron chi connectivity index (χ3n) is 6.26. The molecule has 0 N–H and O–H groups in total. The van der Waals surface area contributed by atoms with Crippen LogP contribution in [0.1, 0.15) is 62.7 Å². The van der Waals surface area contributed by atoms with Crippen molar-refractivity contribution < 1.29 is 4.42 Å². The van der Waals surface area contributed by atoms with Crippen molar-refractivity contribution in [3.05, 3.63) is 45.8 Å². The van der Waals surface area contributed by atoms with Gasteiger partial charge in [0.25, 0.3) is 0 Å². The highest BCUT2D eigenvalue weighted by molar-refractivity contribution is 7.71. The van der Waals surface area contributed by atoms with Crippen LogP contribution in [0.25, 0.3) is 11.5 Å². The first-order valence-electron chi connectivity index (χ1n) is 11.1. The number of nitrogens with zero attached hydrogens (tertiary/aromatic N) is 6. The largest absolute Gasteiger partial charge is 0.419 e. The minimum Gasteiger partial charge on any atom is -0.419 e. The summed E-state index contributed by atoms with van der Waals surface area (Å²) < 4.78 is 11.0. The Balaban J connectivity index is 1.32. The summed E-state index contributed by atoms with van der Waals surface area (Å²) in [5, 5.41) is 14.0. The van der Waals surface area contributed by atoms with Gasteiger partial charge in [-0.15, -0.1) is 10.2 Å². The van der Waals surface area contributed by atoms with E-state index in [1.54, 1.807) is 0 Å². The lowest BCUT2D eigenvalue weighted by atomic mass is 9.95. The zero-order chi connectivity index (χ0) is 21.4. The Morgan fingerprint density at radius 2 is 1.84 bits per heavy atom. The molecule has 0 saturated heterocycles.